The van der Waals surface area contributed by atoms with Gasteiger partial charge in [-0.1, -0.05) is 12.1 Å². The van der Waals surface area contributed by atoms with Gasteiger partial charge >= 0.3 is 5.97 Å². The lowest BCUT2D eigenvalue weighted by Crippen LogP contribution is -2.54. The topological polar surface area (TPSA) is 41.6 Å². The molecular weight excluding hydrogens is 259 g/mol. The first-order valence-electron chi connectivity index (χ1n) is 6.96. The number of nitrogens with one attached hydrogen (secondary N) is 1. The fraction of sp³-hybridized carbons (Fsp3) is 0.533. The third-order valence-corrected chi connectivity index (χ3v) is 3.75. The Morgan fingerprint density at radius 3 is 2.65 bits per heavy atom. The molecule has 4 nitrogen and oxygen atoms in total. The number of halogens is 1. The van der Waals surface area contributed by atoms with Crippen molar-refractivity contribution in [2.75, 3.05) is 32.1 Å². The van der Waals surface area contributed by atoms with Gasteiger partial charge in [-0.2, -0.15) is 0 Å². The van der Waals surface area contributed by atoms with Crippen molar-refractivity contribution in [1.82, 2.24) is 4.90 Å². The largest absolute Gasteiger partial charge is 0.464 e. The average Bonchev–Trinajstić information content (AvgIpc) is 2.44. The number of hydrogen-bond acceptors (Lipinski definition) is 4. The van der Waals surface area contributed by atoms with Gasteiger partial charge in [0.05, 0.1) is 12.3 Å². The van der Waals surface area contributed by atoms with E-state index in [1.165, 1.54) is 6.07 Å². The molecule has 1 heterocycles. The fourth-order valence-electron chi connectivity index (χ4n) is 2.47. The lowest BCUT2D eigenvalue weighted by Gasteiger charge is -2.39. The predicted octanol–water partition coefficient (Wildman–Crippen LogP) is 2.27. The van der Waals surface area contributed by atoms with Gasteiger partial charge in [0.15, 0.2) is 0 Å². The second kappa shape index (κ2) is 6.22. The van der Waals surface area contributed by atoms with Gasteiger partial charge in [0.2, 0.25) is 0 Å². The van der Waals surface area contributed by atoms with E-state index < -0.39 is 5.54 Å². The zero-order chi connectivity index (χ0) is 14.6. The lowest BCUT2D eigenvalue weighted by atomic mass is 9.87. The number of benzene rings is 1. The van der Waals surface area contributed by atoms with Gasteiger partial charge in [-0.05, 0) is 38.9 Å². The van der Waals surface area contributed by atoms with Crippen LogP contribution >= 0.6 is 0 Å². The van der Waals surface area contributed by atoms with E-state index in [0.29, 0.717) is 25.1 Å². The molecule has 1 saturated heterocycles. The maximum Gasteiger partial charge on any atom is 0.331 e. The monoisotopic (exact) mass is 280 g/mol. The number of rotatable bonds is 4. The van der Waals surface area contributed by atoms with Crippen LogP contribution in [0.4, 0.5) is 10.1 Å². The van der Waals surface area contributed by atoms with Crippen LogP contribution in [0.1, 0.15) is 19.8 Å². The van der Waals surface area contributed by atoms with Gasteiger partial charge < -0.3 is 15.0 Å². The quantitative estimate of drug-likeness (QED) is 0.859. The molecule has 2 rings (SSSR count). The molecule has 5 heteroatoms. The lowest BCUT2D eigenvalue weighted by molar-refractivity contribution is -0.150. The van der Waals surface area contributed by atoms with Crippen LogP contribution in [0, 0.1) is 5.82 Å². The van der Waals surface area contributed by atoms with E-state index >= 15 is 0 Å². The molecule has 0 aromatic heterocycles. The number of carbonyl (C=O) groups is 1. The molecule has 0 radical (unpaired) electrons. The maximum absolute atomic E-state index is 13.8. The van der Waals surface area contributed by atoms with E-state index in [2.05, 4.69) is 10.2 Å². The number of esters is 1. The van der Waals surface area contributed by atoms with Crippen molar-refractivity contribution < 1.29 is 13.9 Å². The zero-order valence-corrected chi connectivity index (χ0v) is 12.0. The molecule has 0 atom stereocenters. The molecule has 1 N–H and O–H groups in total. The van der Waals surface area contributed by atoms with E-state index in [1.807, 2.05) is 7.05 Å². The van der Waals surface area contributed by atoms with Crippen LogP contribution in [0.25, 0.3) is 0 Å². The predicted molar refractivity (Wildman–Crippen MR) is 76.1 cm³/mol. The highest BCUT2D eigenvalue weighted by Gasteiger charge is 2.42. The van der Waals surface area contributed by atoms with Crippen LogP contribution in [0.15, 0.2) is 24.3 Å². The van der Waals surface area contributed by atoms with Gasteiger partial charge in [0.25, 0.3) is 0 Å². The smallest absolute Gasteiger partial charge is 0.331 e. The van der Waals surface area contributed by atoms with Crippen molar-refractivity contribution in [2.45, 2.75) is 25.3 Å². The first-order chi connectivity index (χ1) is 9.57. The number of carbonyl (C=O) groups excluding carboxylic acids is 1. The second-order valence-corrected chi connectivity index (χ2v) is 5.21. The summed E-state index contributed by atoms with van der Waals surface area (Å²) < 4.78 is 19.0. The summed E-state index contributed by atoms with van der Waals surface area (Å²) in [6, 6.07) is 6.41. The minimum absolute atomic E-state index is 0.295. The number of para-hydroxylation sites is 1. The number of ether oxygens (including phenoxy) is 1. The molecule has 1 fully saturated rings. The Bertz CT molecular complexity index is 471. The first-order valence-corrected chi connectivity index (χ1v) is 6.96. The van der Waals surface area contributed by atoms with Crippen LogP contribution < -0.4 is 5.32 Å². The van der Waals surface area contributed by atoms with Crippen molar-refractivity contribution in [3.8, 4) is 0 Å². The number of hydrogen-bond donors (Lipinski definition) is 1. The molecule has 1 aliphatic rings. The highest BCUT2D eigenvalue weighted by molar-refractivity contribution is 5.85. The highest BCUT2D eigenvalue weighted by Crippen LogP contribution is 2.29. The Kier molecular flexibility index (Phi) is 4.60. The first kappa shape index (κ1) is 14.8. The summed E-state index contributed by atoms with van der Waals surface area (Å²) in [5.74, 6) is -0.647. The molecule has 0 aliphatic carbocycles. The number of likely N-dealkylation sites (tertiary alicyclic amines) is 1. The van der Waals surface area contributed by atoms with Crippen molar-refractivity contribution in [2.24, 2.45) is 0 Å². The van der Waals surface area contributed by atoms with Gasteiger partial charge in [-0.3, -0.25) is 0 Å². The third kappa shape index (κ3) is 3.10. The summed E-state index contributed by atoms with van der Waals surface area (Å²) in [4.78, 5) is 14.5. The second-order valence-electron chi connectivity index (χ2n) is 5.21. The molecule has 110 valence electrons. The van der Waals surface area contributed by atoms with Crippen LogP contribution in [0.3, 0.4) is 0 Å². The van der Waals surface area contributed by atoms with E-state index in [1.54, 1.807) is 25.1 Å². The fourth-order valence-corrected chi connectivity index (χ4v) is 2.47. The summed E-state index contributed by atoms with van der Waals surface area (Å²) in [6.45, 7) is 3.67. The standard InChI is InChI=1S/C15H21FN2O2/c1-3-20-14(19)15(8-10-18(2)11-9-15)17-13-7-5-4-6-12(13)16/h4-7,17H,3,8-11H2,1-2H3. The number of nitrogens with zero attached hydrogens (tertiary/aromatic N) is 1. The Morgan fingerprint density at radius 1 is 1.40 bits per heavy atom. The minimum atomic E-state index is -0.829. The van der Waals surface area contributed by atoms with E-state index in [-0.39, 0.29) is 11.8 Å². The average molecular weight is 280 g/mol. The highest BCUT2D eigenvalue weighted by atomic mass is 19.1. The molecule has 20 heavy (non-hydrogen) atoms. The summed E-state index contributed by atoms with van der Waals surface area (Å²) in [7, 11) is 2.01. The zero-order valence-electron chi connectivity index (χ0n) is 12.0. The van der Waals surface area contributed by atoms with Crippen LogP contribution in [0.5, 0.6) is 0 Å². The normalized spacial score (nSPS) is 18.6. The minimum Gasteiger partial charge on any atom is -0.464 e. The van der Waals surface area contributed by atoms with Crippen molar-refractivity contribution in [1.29, 1.82) is 0 Å². The summed E-state index contributed by atoms with van der Waals surface area (Å²) >= 11 is 0. The van der Waals surface area contributed by atoms with E-state index in [4.69, 9.17) is 4.74 Å². The van der Waals surface area contributed by atoms with Crippen molar-refractivity contribution >= 4 is 11.7 Å². The van der Waals surface area contributed by atoms with Gasteiger partial charge in [0, 0.05) is 13.1 Å². The molecule has 0 bridgehead atoms. The molecule has 0 unspecified atom stereocenters. The van der Waals surface area contributed by atoms with Crippen LogP contribution in [-0.2, 0) is 9.53 Å². The Balaban J connectivity index is 2.23. The SMILES string of the molecule is CCOC(=O)C1(Nc2ccccc2F)CCN(C)CC1. The molecule has 0 spiro atoms. The van der Waals surface area contributed by atoms with Gasteiger partial charge in [-0.15, -0.1) is 0 Å². The Labute approximate surface area is 118 Å². The molecule has 1 aliphatic heterocycles. The number of anilines is 1. The molecule has 1 aromatic carbocycles. The van der Waals surface area contributed by atoms with E-state index in [0.717, 1.165) is 13.1 Å². The summed E-state index contributed by atoms with van der Waals surface area (Å²) in [6.07, 6.45) is 1.22. The molecule has 0 amide bonds. The number of piperidine rings is 1. The molecule has 0 saturated carbocycles. The van der Waals surface area contributed by atoms with Gasteiger partial charge in [-0.25, -0.2) is 9.18 Å². The Hall–Kier alpha value is -1.62. The summed E-state index contributed by atoms with van der Waals surface area (Å²) in [5, 5.41) is 3.09. The third-order valence-electron chi connectivity index (χ3n) is 3.75. The van der Waals surface area contributed by atoms with Crippen LogP contribution in [-0.4, -0.2) is 43.2 Å². The van der Waals surface area contributed by atoms with Crippen molar-refractivity contribution in [3.63, 3.8) is 0 Å². The molecule has 1 aromatic rings. The van der Waals surface area contributed by atoms with Crippen molar-refractivity contribution in [3.05, 3.63) is 30.1 Å². The Morgan fingerprint density at radius 2 is 2.05 bits per heavy atom. The van der Waals surface area contributed by atoms with Crippen LogP contribution in [0.2, 0.25) is 0 Å². The summed E-state index contributed by atoms with van der Waals surface area (Å²) in [5.41, 5.74) is -0.477. The molecular formula is C15H21FN2O2. The van der Waals surface area contributed by atoms with E-state index in [9.17, 15) is 9.18 Å². The maximum atomic E-state index is 13.8. The van der Waals surface area contributed by atoms with Gasteiger partial charge in [0.1, 0.15) is 11.4 Å².